The van der Waals surface area contributed by atoms with E-state index in [1.807, 2.05) is 6.92 Å². The first-order valence-corrected chi connectivity index (χ1v) is 9.67. The van der Waals surface area contributed by atoms with Crippen LogP contribution in [0.2, 0.25) is 5.02 Å². The SMILES string of the molecule is CCNC(=O)Nc1ccc(Oc2ccnc3c(C(=O)NOC)c(OC)ccc23)cc1Cl. The van der Waals surface area contributed by atoms with Gasteiger partial charge in [0.2, 0.25) is 0 Å². The highest BCUT2D eigenvalue weighted by Crippen LogP contribution is 2.36. The number of halogens is 1. The van der Waals surface area contributed by atoms with E-state index < -0.39 is 5.91 Å². The van der Waals surface area contributed by atoms with Gasteiger partial charge in [-0.1, -0.05) is 11.6 Å². The second kappa shape index (κ2) is 9.96. The lowest BCUT2D eigenvalue weighted by Crippen LogP contribution is -2.28. The molecule has 0 radical (unpaired) electrons. The predicted molar refractivity (Wildman–Crippen MR) is 117 cm³/mol. The topological polar surface area (TPSA) is 111 Å². The van der Waals surface area contributed by atoms with Gasteiger partial charge < -0.3 is 20.1 Å². The number of aromatic nitrogens is 1. The standard InChI is InChI=1S/C21H21ClN4O5/c1-4-23-21(28)25-15-7-5-12(11-14(15)22)31-16-9-10-24-19-13(16)6-8-17(29-2)18(19)20(27)26-30-3/h5-11H,4H2,1-3H3,(H,26,27)(H2,23,25,28). The largest absolute Gasteiger partial charge is 0.496 e. The molecular formula is C21H21ClN4O5. The number of hydroxylamine groups is 1. The van der Waals surface area contributed by atoms with E-state index in [-0.39, 0.29) is 11.6 Å². The van der Waals surface area contributed by atoms with Crippen LogP contribution in [-0.2, 0) is 4.84 Å². The van der Waals surface area contributed by atoms with Crippen molar-refractivity contribution in [2.75, 3.05) is 26.1 Å². The highest BCUT2D eigenvalue weighted by molar-refractivity contribution is 6.33. The Bertz CT molecular complexity index is 1120. The summed E-state index contributed by atoms with van der Waals surface area (Å²) in [6.45, 7) is 2.31. The number of benzene rings is 2. The third-order valence-electron chi connectivity index (χ3n) is 4.23. The summed E-state index contributed by atoms with van der Waals surface area (Å²) < 4.78 is 11.3. The first-order valence-electron chi connectivity index (χ1n) is 9.29. The Balaban J connectivity index is 1.95. The average molecular weight is 445 g/mol. The minimum atomic E-state index is -0.501. The molecule has 31 heavy (non-hydrogen) atoms. The van der Waals surface area contributed by atoms with Crippen molar-refractivity contribution < 1.29 is 23.9 Å². The fourth-order valence-electron chi connectivity index (χ4n) is 2.91. The molecule has 0 aliphatic carbocycles. The van der Waals surface area contributed by atoms with Gasteiger partial charge in [-0.3, -0.25) is 14.6 Å². The van der Waals surface area contributed by atoms with Gasteiger partial charge in [-0.15, -0.1) is 0 Å². The number of carbonyl (C=O) groups is 2. The van der Waals surface area contributed by atoms with Gasteiger partial charge in [0.15, 0.2) is 0 Å². The molecule has 0 aliphatic rings. The van der Waals surface area contributed by atoms with Crippen molar-refractivity contribution in [2.45, 2.75) is 6.92 Å². The molecule has 0 bridgehead atoms. The van der Waals surface area contributed by atoms with Gasteiger partial charge in [0.25, 0.3) is 5.91 Å². The van der Waals surface area contributed by atoms with Gasteiger partial charge in [0.1, 0.15) is 22.8 Å². The number of ether oxygens (including phenoxy) is 2. The minimum Gasteiger partial charge on any atom is -0.496 e. The zero-order chi connectivity index (χ0) is 22.4. The summed E-state index contributed by atoms with van der Waals surface area (Å²) >= 11 is 6.28. The molecule has 10 heteroatoms. The Labute approximate surface area is 183 Å². The molecule has 0 aliphatic heterocycles. The maximum Gasteiger partial charge on any atom is 0.319 e. The molecule has 0 fully saturated rings. The highest BCUT2D eigenvalue weighted by atomic mass is 35.5. The van der Waals surface area contributed by atoms with E-state index in [4.69, 9.17) is 25.9 Å². The number of pyridine rings is 1. The van der Waals surface area contributed by atoms with Crippen LogP contribution in [0.4, 0.5) is 10.5 Å². The molecular weight excluding hydrogens is 424 g/mol. The highest BCUT2D eigenvalue weighted by Gasteiger charge is 2.19. The molecule has 3 aromatic rings. The second-order valence-electron chi connectivity index (χ2n) is 6.21. The van der Waals surface area contributed by atoms with E-state index in [2.05, 4.69) is 21.1 Å². The maximum absolute atomic E-state index is 12.5. The van der Waals surface area contributed by atoms with Crippen LogP contribution in [0.5, 0.6) is 17.2 Å². The number of carbonyl (C=O) groups excluding carboxylic acids is 2. The number of amides is 3. The van der Waals surface area contributed by atoms with Crippen LogP contribution in [0.15, 0.2) is 42.6 Å². The lowest BCUT2D eigenvalue weighted by atomic mass is 10.1. The Morgan fingerprint density at radius 2 is 1.90 bits per heavy atom. The fourth-order valence-corrected chi connectivity index (χ4v) is 3.13. The van der Waals surface area contributed by atoms with Gasteiger partial charge in [0.05, 0.1) is 30.4 Å². The van der Waals surface area contributed by atoms with Crippen molar-refractivity contribution in [1.82, 2.24) is 15.8 Å². The lowest BCUT2D eigenvalue weighted by Gasteiger charge is -2.14. The molecule has 162 valence electrons. The Hall–Kier alpha value is -3.56. The number of urea groups is 1. The molecule has 0 saturated carbocycles. The van der Waals surface area contributed by atoms with E-state index in [1.165, 1.54) is 20.4 Å². The summed E-state index contributed by atoms with van der Waals surface area (Å²) in [4.78, 5) is 33.2. The number of nitrogens with one attached hydrogen (secondary N) is 3. The summed E-state index contributed by atoms with van der Waals surface area (Å²) in [6, 6.07) is 9.59. The lowest BCUT2D eigenvalue weighted by molar-refractivity contribution is 0.0536. The molecule has 3 rings (SSSR count). The van der Waals surface area contributed by atoms with Crippen LogP contribution in [0.3, 0.4) is 0 Å². The summed E-state index contributed by atoms with van der Waals surface area (Å²) in [7, 11) is 2.80. The van der Waals surface area contributed by atoms with Gasteiger partial charge in [0, 0.05) is 24.2 Å². The van der Waals surface area contributed by atoms with Crippen molar-refractivity contribution >= 4 is 40.1 Å². The molecule has 9 nitrogen and oxygen atoms in total. The number of fused-ring (bicyclic) bond motifs is 1. The zero-order valence-electron chi connectivity index (χ0n) is 17.1. The van der Waals surface area contributed by atoms with Crippen LogP contribution in [0, 0.1) is 0 Å². The van der Waals surface area contributed by atoms with Gasteiger partial charge in [-0.05, 0) is 37.3 Å². The number of hydrogen-bond acceptors (Lipinski definition) is 6. The molecule has 0 saturated heterocycles. The Morgan fingerprint density at radius 3 is 2.58 bits per heavy atom. The van der Waals surface area contributed by atoms with E-state index in [0.717, 1.165) is 0 Å². The van der Waals surface area contributed by atoms with Crippen LogP contribution >= 0.6 is 11.6 Å². The minimum absolute atomic E-state index is 0.215. The number of hydrogen-bond donors (Lipinski definition) is 3. The summed E-state index contributed by atoms with van der Waals surface area (Å²) in [6.07, 6.45) is 1.52. The first kappa shape index (κ1) is 22.1. The fraction of sp³-hybridized carbons (Fsp3) is 0.190. The van der Waals surface area contributed by atoms with Crippen LogP contribution in [0.1, 0.15) is 17.3 Å². The predicted octanol–water partition coefficient (Wildman–Crippen LogP) is 4.12. The first-order chi connectivity index (χ1) is 15.0. The van der Waals surface area contributed by atoms with E-state index in [0.29, 0.717) is 45.4 Å². The maximum atomic E-state index is 12.5. The van der Waals surface area contributed by atoms with Crippen molar-refractivity contribution in [3.8, 4) is 17.2 Å². The van der Waals surface area contributed by atoms with E-state index >= 15 is 0 Å². The van der Waals surface area contributed by atoms with E-state index in [1.54, 1.807) is 36.4 Å². The number of rotatable bonds is 7. The van der Waals surface area contributed by atoms with Crippen molar-refractivity contribution in [2.24, 2.45) is 0 Å². The smallest absolute Gasteiger partial charge is 0.319 e. The Kier molecular flexibility index (Phi) is 7.11. The summed E-state index contributed by atoms with van der Waals surface area (Å²) in [5, 5.41) is 6.19. The van der Waals surface area contributed by atoms with Crippen LogP contribution < -0.4 is 25.6 Å². The molecule has 0 spiro atoms. The molecule has 3 N–H and O–H groups in total. The molecule has 2 aromatic carbocycles. The van der Waals surface area contributed by atoms with Gasteiger partial charge in [-0.2, -0.15) is 0 Å². The normalized spacial score (nSPS) is 10.5. The van der Waals surface area contributed by atoms with Crippen molar-refractivity contribution in [3.05, 3.63) is 53.2 Å². The van der Waals surface area contributed by atoms with Crippen molar-refractivity contribution in [3.63, 3.8) is 0 Å². The van der Waals surface area contributed by atoms with Crippen LogP contribution in [0.25, 0.3) is 10.9 Å². The summed E-state index contributed by atoms with van der Waals surface area (Å²) in [5.41, 5.74) is 3.32. The van der Waals surface area contributed by atoms with Crippen molar-refractivity contribution in [1.29, 1.82) is 0 Å². The van der Waals surface area contributed by atoms with Gasteiger partial charge >= 0.3 is 6.03 Å². The third kappa shape index (κ3) is 4.96. The molecule has 1 aromatic heterocycles. The second-order valence-corrected chi connectivity index (χ2v) is 6.62. The van der Waals surface area contributed by atoms with Gasteiger partial charge in [-0.25, -0.2) is 10.3 Å². The third-order valence-corrected chi connectivity index (χ3v) is 4.54. The molecule has 0 atom stereocenters. The quantitative estimate of drug-likeness (QED) is 0.473. The zero-order valence-corrected chi connectivity index (χ0v) is 17.9. The summed E-state index contributed by atoms with van der Waals surface area (Å²) in [5.74, 6) is 0.742. The molecule has 0 unspecified atom stereocenters. The van der Waals surface area contributed by atoms with E-state index in [9.17, 15) is 9.59 Å². The monoisotopic (exact) mass is 444 g/mol. The number of nitrogens with zero attached hydrogens (tertiary/aromatic N) is 1. The van der Waals surface area contributed by atoms with Crippen LogP contribution in [-0.4, -0.2) is 37.7 Å². The average Bonchev–Trinajstić information content (AvgIpc) is 2.75. The molecule has 1 heterocycles. The number of methoxy groups -OCH3 is 1. The molecule has 3 amide bonds. The number of anilines is 1. The Morgan fingerprint density at radius 1 is 1.10 bits per heavy atom.